The number of benzene rings is 1. The summed E-state index contributed by atoms with van der Waals surface area (Å²) in [6.07, 6.45) is 3.31. The lowest BCUT2D eigenvalue weighted by atomic mass is 10.1. The predicted octanol–water partition coefficient (Wildman–Crippen LogP) is 1.82. The van der Waals surface area contributed by atoms with Gasteiger partial charge in [-0.1, -0.05) is 18.2 Å². The summed E-state index contributed by atoms with van der Waals surface area (Å²) in [7, 11) is 1.64. The zero-order chi connectivity index (χ0) is 17.5. The van der Waals surface area contributed by atoms with Crippen molar-refractivity contribution in [2.45, 2.75) is 12.8 Å². The summed E-state index contributed by atoms with van der Waals surface area (Å²) in [6.45, 7) is 1.08. The van der Waals surface area contributed by atoms with Gasteiger partial charge in [0.05, 0.1) is 7.11 Å². The van der Waals surface area contributed by atoms with Crippen LogP contribution in [0.5, 0.6) is 5.75 Å². The SMILES string of the molecule is COc1ccc(CCNC(=O)NCCc2nnc3ccccn23)cc1. The lowest BCUT2D eigenvalue weighted by Crippen LogP contribution is -2.37. The number of nitrogens with one attached hydrogen (secondary N) is 2. The van der Waals surface area contributed by atoms with Crippen LogP contribution in [0.25, 0.3) is 5.65 Å². The molecule has 0 bridgehead atoms. The van der Waals surface area contributed by atoms with Crippen LogP contribution in [-0.2, 0) is 12.8 Å². The minimum atomic E-state index is -0.178. The number of methoxy groups -OCH3 is 1. The molecule has 2 aromatic heterocycles. The Morgan fingerprint density at radius 3 is 2.56 bits per heavy atom. The predicted molar refractivity (Wildman–Crippen MR) is 94.8 cm³/mol. The van der Waals surface area contributed by atoms with Crippen molar-refractivity contribution < 1.29 is 9.53 Å². The number of hydrogen-bond donors (Lipinski definition) is 2. The average Bonchev–Trinajstić information content (AvgIpc) is 3.06. The molecule has 25 heavy (non-hydrogen) atoms. The zero-order valence-electron chi connectivity index (χ0n) is 14.1. The van der Waals surface area contributed by atoms with Crippen LogP contribution in [0, 0.1) is 0 Å². The number of rotatable bonds is 7. The molecule has 2 heterocycles. The van der Waals surface area contributed by atoms with Crippen LogP contribution in [0.15, 0.2) is 48.7 Å². The van der Waals surface area contributed by atoms with E-state index in [0.717, 1.165) is 29.2 Å². The third-order valence-corrected chi connectivity index (χ3v) is 3.88. The first-order valence-electron chi connectivity index (χ1n) is 8.19. The van der Waals surface area contributed by atoms with Gasteiger partial charge in [-0.2, -0.15) is 0 Å². The van der Waals surface area contributed by atoms with E-state index in [1.54, 1.807) is 7.11 Å². The third-order valence-electron chi connectivity index (χ3n) is 3.88. The molecule has 0 atom stereocenters. The third kappa shape index (κ3) is 4.47. The van der Waals surface area contributed by atoms with Gasteiger partial charge in [0.1, 0.15) is 11.6 Å². The summed E-state index contributed by atoms with van der Waals surface area (Å²) >= 11 is 0. The van der Waals surface area contributed by atoms with E-state index >= 15 is 0 Å². The molecule has 0 saturated heterocycles. The summed E-state index contributed by atoms with van der Waals surface area (Å²) in [5.41, 5.74) is 1.96. The number of ether oxygens (including phenoxy) is 1. The summed E-state index contributed by atoms with van der Waals surface area (Å²) in [5, 5.41) is 13.9. The fraction of sp³-hybridized carbons (Fsp3) is 0.278. The van der Waals surface area contributed by atoms with Gasteiger partial charge in [0.2, 0.25) is 0 Å². The van der Waals surface area contributed by atoms with E-state index in [2.05, 4.69) is 20.8 Å². The molecule has 0 aliphatic rings. The highest BCUT2D eigenvalue weighted by Crippen LogP contribution is 2.11. The van der Waals surface area contributed by atoms with Crippen LogP contribution in [0.4, 0.5) is 4.79 Å². The van der Waals surface area contributed by atoms with Crippen molar-refractivity contribution >= 4 is 11.7 Å². The Kier molecular flexibility index (Phi) is 5.46. The van der Waals surface area contributed by atoms with Crippen LogP contribution in [0.3, 0.4) is 0 Å². The largest absolute Gasteiger partial charge is 0.497 e. The quantitative estimate of drug-likeness (QED) is 0.688. The molecule has 0 aliphatic carbocycles. The van der Waals surface area contributed by atoms with Crippen LogP contribution in [0.2, 0.25) is 0 Å². The van der Waals surface area contributed by atoms with Crippen molar-refractivity contribution in [1.82, 2.24) is 25.2 Å². The average molecular weight is 339 g/mol. The van der Waals surface area contributed by atoms with Gasteiger partial charge in [0.15, 0.2) is 5.65 Å². The van der Waals surface area contributed by atoms with E-state index < -0.39 is 0 Å². The Morgan fingerprint density at radius 1 is 1.04 bits per heavy atom. The molecule has 0 unspecified atom stereocenters. The van der Waals surface area contributed by atoms with Gasteiger partial charge in [-0.25, -0.2) is 4.79 Å². The zero-order valence-corrected chi connectivity index (χ0v) is 14.1. The van der Waals surface area contributed by atoms with E-state index in [-0.39, 0.29) is 6.03 Å². The Balaban J connectivity index is 1.38. The number of urea groups is 1. The first-order valence-corrected chi connectivity index (χ1v) is 8.19. The Labute approximate surface area is 146 Å². The lowest BCUT2D eigenvalue weighted by Gasteiger charge is -2.08. The van der Waals surface area contributed by atoms with Gasteiger partial charge in [-0.3, -0.25) is 4.40 Å². The van der Waals surface area contributed by atoms with E-state index in [1.165, 1.54) is 0 Å². The maximum atomic E-state index is 11.8. The minimum absolute atomic E-state index is 0.178. The molecule has 0 radical (unpaired) electrons. The second kappa shape index (κ2) is 8.14. The molecule has 0 aliphatic heterocycles. The van der Waals surface area contributed by atoms with Gasteiger partial charge in [-0.05, 0) is 36.2 Å². The number of amides is 2. The number of fused-ring (bicyclic) bond motifs is 1. The van der Waals surface area contributed by atoms with E-state index in [1.807, 2.05) is 53.1 Å². The monoisotopic (exact) mass is 339 g/mol. The highest BCUT2D eigenvalue weighted by molar-refractivity contribution is 5.73. The summed E-state index contributed by atoms with van der Waals surface area (Å²) in [6, 6.07) is 13.4. The molecule has 3 rings (SSSR count). The molecule has 1 aromatic carbocycles. The van der Waals surface area contributed by atoms with Crippen molar-refractivity contribution in [3.05, 3.63) is 60.0 Å². The number of hydrogen-bond acceptors (Lipinski definition) is 4. The number of nitrogens with zero attached hydrogens (tertiary/aromatic N) is 3. The van der Waals surface area contributed by atoms with Gasteiger partial charge in [-0.15, -0.1) is 10.2 Å². The molecule has 3 aromatic rings. The number of pyridine rings is 1. The van der Waals surface area contributed by atoms with Crippen molar-refractivity contribution in [1.29, 1.82) is 0 Å². The Bertz CT molecular complexity index is 829. The van der Waals surface area contributed by atoms with E-state index in [0.29, 0.717) is 19.5 Å². The van der Waals surface area contributed by atoms with Crippen LogP contribution in [-0.4, -0.2) is 40.8 Å². The van der Waals surface area contributed by atoms with Crippen LogP contribution in [0.1, 0.15) is 11.4 Å². The maximum absolute atomic E-state index is 11.8. The van der Waals surface area contributed by atoms with Crippen LogP contribution < -0.4 is 15.4 Å². The molecule has 0 fully saturated rings. The molecule has 7 nitrogen and oxygen atoms in total. The molecule has 2 N–H and O–H groups in total. The van der Waals surface area contributed by atoms with Gasteiger partial charge >= 0.3 is 6.03 Å². The molecule has 7 heteroatoms. The second-order valence-electron chi connectivity index (χ2n) is 5.58. The van der Waals surface area contributed by atoms with Crippen molar-refractivity contribution in [2.75, 3.05) is 20.2 Å². The van der Waals surface area contributed by atoms with Gasteiger partial charge in [0.25, 0.3) is 0 Å². The highest BCUT2D eigenvalue weighted by Gasteiger charge is 2.05. The summed E-state index contributed by atoms with van der Waals surface area (Å²) < 4.78 is 7.04. The van der Waals surface area contributed by atoms with E-state index in [4.69, 9.17) is 4.74 Å². The molecular weight excluding hydrogens is 318 g/mol. The second-order valence-corrected chi connectivity index (χ2v) is 5.58. The van der Waals surface area contributed by atoms with Crippen molar-refractivity contribution in [3.63, 3.8) is 0 Å². The van der Waals surface area contributed by atoms with E-state index in [9.17, 15) is 4.79 Å². The van der Waals surface area contributed by atoms with Gasteiger partial charge < -0.3 is 15.4 Å². The molecule has 0 saturated carbocycles. The smallest absolute Gasteiger partial charge is 0.314 e. The fourth-order valence-electron chi connectivity index (χ4n) is 2.52. The Hall–Kier alpha value is -3.09. The Morgan fingerprint density at radius 2 is 1.80 bits per heavy atom. The molecule has 130 valence electrons. The summed E-state index contributed by atoms with van der Waals surface area (Å²) in [4.78, 5) is 11.8. The first-order chi connectivity index (χ1) is 12.3. The van der Waals surface area contributed by atoms with Gasteiger partial charge in [0, 0.05) is 25.7 Å². The standard InChI is InChI=1S/C18H21N5O2/c1-25-15-7-5-14(6-8-15)9-11-19-18(24)20-12-10-17-22-21-16-4-2-3-13-23(16)17/h2-8,13H,9-12H2,1H3,(H2,19,20,24). The molecule has 2 amide bonds. The number of carbonyl (C=O) groups excluding carboxylic acids is 1. The first kappa shape index (κ1) is 16.8. The highest BCUT2D eigenvalue weighted by atomic mass is 16.5. The number of aromatic nitrogens is 3. The number of carbonyl (C=O) groups is 1. The normalized spacial score (nSPS) is 10.6. The van der Waals surface area contributed by atoms with Crippen molar-refractivity contribution in [2.24, 2.45) is 0 Å². The lowest BCUT2D eigenvalue weighted by molar-refractivity contribution is 0.241. The molecule has 0 spiro atoms. The van der Waals surface area contributed by atoms with Crippen molar-refractivity contribution in [3.8, 4) is 5.75 Å². The topological polar surface area (TPSA) is 80.5 Å². The minimum Gasteiger partial charge on any atom is -0.497 e. The summed E-state index contributed by atoms with van der Waals surface area (Å²) in [5.74, 6) is 1.66. The fourth-order valence-corrected chi connectivity index (χ4v) is 2.52. The van der Waals surface area contributed by atoms with Crippen LogP contribution >= 0.6 is 0 Å². The molecular formula is C18H21N5O2. The maximum Gasteiger partial charge on any atom is 0.314 e.